The van der Waals surface area contributed by atoms with Crippen molar-refractivity contribution in [3.63, 3.8) is 0 Å². The third kappa shape index (κ3) is 5.05. The van der Waals surface area contributed by atoms with Gasteiger partial charge in [0.2, 0.25) is 15.9 Å². The molecule has 0 spiro atoms. The van der Waals surface area contributed by atoms with Crippen molar-refractivity contribution in [2.24, 2.45) is 5.14 Å². The van der Waals surface area contributed by atoms with E-state index in [0.29, 0.717) is 28.7 Å². The van der Waals surface area contributed by atoms with Gasteiger partial charge in [0.15, 0.2) is 0 Å². The molecule has 2 unspecified atom stereocenters. The smallest absolute Gasteiger partial charge is 0.238 e. The summed E-state index contributed by atoms with van der Waals surface area (Å²) in [6.45, 7) is 5.02. The first-order valence-electron chi connectivity index (χ1n) is 10.9. The van der Waals surface area contributed by atoms with Gasteiger partial charge in [-0.05, 0) is 43.5 Å². The van der Waals surface area contributed by atoms with Gasteiger partial charge in [-0.3, -0.25) is 9.69 Å². The number of fused-ring (bicyclic) bond motifs is 1. The van der Waals surface area contributed by atoms with Crippen molar-refractivity contribution in [1.29, 1.82) is 5.26 Å². The zero-order valence-electron chi connectivity index (χ0n) is 19.0. The van der Waals surface area contributed by atoms with E-state index in [1.54, 1.807) is 12.1 Å². The van der Waals surface area contributed by atoms with Gasteiger partial charge in [0.05, 0.1) is 16.9 Å². The monoisotopic (exact) mass is 494 g/mol. The van der Waals surface area contributed by atoms with Crippen LogP contribution in [0.3, 0.4) is 0 Å². The molecule has 0 saturated heterocycles. The van der Waals surface area contributed by atoms with E-state index < -0.39 is 10.0 Å². The van der Waals surface area contributed by atoms with Gasteiger partial charge in [0.1, 0.15) is 11.1 Å². The van der Waals surface area contributed by atoms with Crippen molar-refractivity contribution in [1.82, 2.24) is 4.90 Å². The fourth-order valence-corrected chi connectivity index (χ4v) is 6.18. The molecule has 0 bridgehead atoms. The largest absolute Gasteiger partial charge is 0.316 e. The Bertz CT molecular complexity index is 1340. The van der Waals surface area contributed by atoms with Gasteiger partial charge in [0.25, 0.3) is 0 Å². The van der Waals surface area contributed by atoms with Crippen molar-refractivity contribution < 1.29 is 13.2 Å². The van der Waals surface area contributed by atoms with Gasteiger partial charge >= 0.3 is 0 Å². The highest BCUT2D eigenvalue weighted by Gasteiger charge is 2.32. The molecule has 3 N–H and O–H groups in total. The number of carbonyl (C=O) groups is 1. The minimum atomic E-state index is -3.78. The number of nitrogens with zero attached hydrogens (tertiary/aromatic N) is 2. The summed E-state index contributed by atoms with van der Waals surface area (Å²) in [5.74, 6) is -0.263. The number of nitriles is 1. The van der Waals surface area contributed by atoms with Crippen LogP contribution in [0, 0.1) is 11.3 Å². The first kappa shape index (κ1) is 24.1. The molecule has 4 rings (SSSR count). The summed E-state index contributed by atoms with van der Waals surface area (Å²) in [7, 11) is -3.78. The van der Waals surface area contributed by atoms with Crippen molar-refractivity contribution in [3.05, 3.63) is 81.7 Å². The van der Waals surface area contributed by atoms with Crippen LogP contribution in [0.1, 0.15) is 47.0 Å². The fourth-order valence-electron chi connectivity index (χ4n) is 4.37. The highest BCUT2D eigenvalue weighted by Crippen LogP contribution is 2.40. The number of primary sulfonamides is 1. The Morgan fingerprint density at radius 2 is 1.91 bits per heavy atom. The van der Waals surface area contributed by atoms with Gasteiger partial charge in [-0.2, -0.15) is 5.26 Å². The van der Waals surface area contributed by atoms with E-state index in [1.165, 1.54) is 29.0 Å². The first-order valence-corrected chi connectivity index (χ1v) is 13.3. The van der Waals surface area contributed by atoms with Crippen LogP contribution in [0.4, 0.5) is 5.00 Å². The van der Waals surface area contributed by atoms with Crippen LogP contribution in [0.2, 0.25) is 0 Å². The molecular formula is C25H26N4O3S2. The summed E-state index contributed by atoms with van der Waals surface area (Å²) in [5, 5.41) is 18.5. The predicted molar refractivity (Wildman–Crippen MR) is 133 cm³/mol. The van der Waals surface area contributed by atoms with Gasteiger partial charge in [0, 0.05) is 29.1 Å². The fraction of sp³-hybridized carbons (Fsp3) is 0.280. The molecule has 3 aromatic rings. The number of nitrogens with one attached hydrogen (secondary N) is 1. The molecule has 9 heteroatoms. The van der Waals surface area contributed by atoms with Gasteiger partial charge in [-0.1, -0.05) is 42.5 Å². The molecule has 0 aliphatic carbocycles. The molecular weight excluding hydrogens is 468 g/mol. The van der Waals surface area contributed by atoms with E-state index >= 15 is 0 Å². The van der Waals surface area contributed by atoms with Gasteiger partial charge in [-0.25, -0.2) is 13.6 Å². The molecule has 176 valence electrons. The Hall–Kier alpha value is -3.03. The highest BCUT2D eigenvalue weighted by molar-refractivity contribution is 7.89. The molecule has 0 radical (unpaired) electrons. The molecule has 34 heavy (non-hydrogen) atoms. The van der Waals surface area contributed by atoms with E-state index in [4.69, 9.17) is 5.14 Å². The van der Waals surface area contributed by atoms with Crippen LogP contribution in [0.15, 0.2) is 59.5 Å². The molecule has 2 heterocycles. The van der Waals surface area contributed by atoms with Crippen LogP contribution < -0.4 is 10.5 Å². The molecule has 2 atom stereocenters. The van der Waals surface area contributed by atoms with E-state index in [1.807, 2.05) is 18.2 Å². The van der Waals surface area contributed by atoms with Crippen LogP contribution in [0.5, 0.6) is 0 Å². The SMILES string of the molecule is CC1Cc2sc(NC(=O)Cc3ccc(S(N)(=O)=O)cc3)c(C#N)c2CN1C(C)c1ccccc1. The number of carbonyl (C=O) groups excluding carboxylic acids is 1. The van der Waals surface area contributed by atoms with E-state index in [-0.39, 0.29) is 23.3 Å². The standard InChI is InChI=1S/C25H26N4O3S2/c1-16-12-23-22(15-29(16)17(2)19-6-4-3-5-7-19)21(14-26)25(33-23)28-24(30)13-18-8-10-20(11-9-18)34(27,31)32/h3-11,16-17H,12-13,15H2,1-2H3,(H,28,30)(H2,27,31,32). The second-order valence-electron chi connectivity index (χ2n) is 8.55. The van der Waals surface area contributed by atoms with E-state index in [9.17, 15) is 18.5 Å². The lowest BCUT2D eigenvalue weighted by Crippen LogP contribution is -2.39. The summed E-state index contributed by atoms with van der Waals surface area (Å²) in [6, 6.07) is 19.0. The minimum absolute atomic E-state index is 0.00207. The maximum atomic E-state index is 12.7. The van der Waals surface area contributed by atoms with Crippen LogP contribution >= 0.6 is 11.3 Å². The molecule has 7 nitrogen and oxygen atoms in total. The molecule has 2 aromatic carbocycles. The average molecular weight is 495 g/mol. The maximum Gasteiger partial charge on any atom is 0.238 e. The summed E-state index contributed by atoms with van der Waals surface area (Å²) in [6.07, 6.45) is 0.878. The quantitative estimate of drug-likeness (QED) is 0.538. The summed E-state index contributed by atoms with van der Waals surface area (Å²) in [4.78, 5) is 16.2. The van der Waals surface area contributed by atoms with Crippen molar-refractivity contribution >= 4 is 32.3 Å². The number of nitrogens with two attached hydrogens (primary N) is 1. The topological polar surface area (TPSA) is 116 Å². The number of rotatable bonds is 6. The van der Waals surface area contributed by atoms with E-state index in [2.05, 4.69) is 42.3 Å². The Labute approximate surface area is 203 Å². The Balaban J connectivity index is 1.51. The molecule has 0 fully saturated rings. The van der Waals surface area contributed by atoms with Crippen molar-refractivity contribution in [3.8, 4) is 6.07 Å². The summed E-state index contributed by atoms with van der Waals surface area (Å²) < 4.78 is 22.8. The Morgan fingerprint density at radius 1 is 1.24 bits per heavy atom. The third-order valence-electron chi connectivity index (χ3n) is 6.24. The number of sulfonamides is 1. The lowest BCUT2D eigenvalue weighted by atomic mass is 9.96. The molecule has 1 aromatic heterocycles. The van der Waals surface area contributed by atoms with Crippen LogP contribution in [0.25, 0.3) is 0 Å². The number of thiophene rings is 1. The predicted octanol–water partition coefficient (Wildman–Crippen LogP) is 3.96. The van der Waals surface area contributed by atoms with Crippen LogP contribution in [-0.4, -0.2) is 25.3 Å². The Morgan fingerprint density at radius 3 is 2.53 bits per heavy atom. The number of hydrogen-bond donors (Lipinski definition) is 2. The third-order valence-corrected chi connectivity index (χ3v) is 8.34. The lowest BCUT2D eigenvalue weighted by molar-refractivity contribution is -0.115. The lowest BCUT2D eigenvalue weighted by Gasteiger charge is -2.38. The average Bonchev–Trinajstić information content (AvgIpc) is 3.13. The zero-order chi connectivity index (χ0) is 24.5. The van der Waals surface area contributed by atoms with E-state index in [0.717, 1.165) is 16.9 Å². The molecule has 0 saturated carbocycles. The number of benzene rings is 2. The second-order valence-corrected chi connectivity index (χ2v) is 11.2. The van der Waals surface area contributed by atoms with Crippen LogP contribution in [-0.2, 0) is 34.2 Å². The normalized spacial score (nSPS) is 16.9. The second kappa shape index (κ2) is 9.68. The zero-order valence-corrected chi connectivity index (χ0v) is 20.6. The number of hydrogen-bond acceptors (Lipinski definition) is 6. The molecule has 1 aliphatic rings. The van der Waals surface area contributed by atoms with Crippen molar-refractivity contribution in [2.45, 2.75) is 50.2 Å². The number of anilines is 1. The molecule has 1 amide bonds. The van der Waals surface area contributed by atoms with Gasteiger partial charge in [-0.15, -0.1) is 11.3 Å². The number of amides is 1. The summed E-state index contributed by atoms with van der Waals surface area (Å²) >= 11 is 1.47. The van der Waals surface area contributed by atoms with Gasteiger partial charge < -0.3 is 5.32 Å². The summed E-state index contributed by atoms with van der Waals surface area (Å²) in [5.41, 5.74) is 3.39. The highest BCUT2D eigenvalue weighted by atomic mass is 32.2. The van der Waals surface area contributed by atoms with Crippen molar-refractivity contribution in [2.75, 3.05) is 5.32 Å². The minimum Gasteiger partial charge on any atom is -0.316 e. The molecule has 1 aliphatic heterocycles. The Kier molecular flexibility index (Phi) is 6.86. The first-order chi connectivity index (χ1) is 16.2. The maximum absolute atomic E-state index is 12.7.